The molecule has 3 nitrogen and oxygen atoms in total. The summed E-state index contributed by atoms with van der Waals surface area (Å²) in [5.41, 5.74) is 0.746. The number of aliphatic hydroxyl groups excluding tert-OH is 1. The summed E-state index contributed by atoms with van der Waals surface area (Å²) in [6, 6.07) is 1.86. The Labute approximate surface area is 117 Å². The number of aliphatic hydroxyl groups is 1. The predicted octanol–water partition coefficient (Wildman–Crippen LogP) is 3.54. The second-order valence-corrected chi connectivity index (χ2v) is 6.35. The van der Waals surface area contributed by atoms with Crippen molar-refractivity contribution in [1.29, 1.82) is 0 Å². The number of hydrogen-bond acceptors (Lipinski definition) is 3. The molecule has 0 aromatic carbocycles. The van der Waals surface area contributed by atoms with Crippen molar-refractivity contribution in [3.8, 4) is 5.88 Å². The van der Waals surface area contributed by atoms with E-state index in [-0.39, 0.29) is 12.7 Å². The van der Waals surface area contributed by atoms with Crippen LogP contribution in [0.25, 0.3) is 0 Å². The smallest absolute Gasteiger partial charge is 0.219 e. The van der Waals surface area contributed by atoms with Crippen LogP contribution in [-0.4, -0.2) is 16.2 Å². The number of rotatable bonds is 3. The van der Waals surface area contributed by atoms with E-state index in [1.54, 1.807) is 6.20 Å². The number of halogens is 1. The van der Waals surface area contributed by atoms with Crippen LogP contribution < -0.4 is 4.74 Å². The first-order valence-corrected chi connectivity index (χ1v) is 7.29. The molecule has 0 saturated heterocycles. The maximum Gasteiger partial charge on any atom is 0.219 e. The molecule has 100 valence electrons. The van der Waals surface area contributed by atoms with Gasteiger partial charge in [0.05, 0.1) is 6.61 Å². The summed E-state index contributed by atoms with van der Waals surface area (Å²) in [5, 5.41) is 9.34. The summed E-state index contributed by atoms with van der Waals surface area (Å²) in [5.74, 6) is 1.98. The number of pyridine rings is 1. The maximum atomic E-state index is 9.34. The van der Waals surface area contributed by atoms with Gasteiger partial charge in [-0.3, -0.25) is 0 Å². The fourth-order valence-corrected chi connectivity index (χ4v) is 3.19. The lowest BCUT2D eigenvalue weighted by Gasteiger charge is -2.31. The topological polar surface area (TPSA) is 42.4 Å². The molecule has 1 aliphatic carbocycles. The van der Waals surface area contributed by atoms with E-state index >= 15 is 0 Å². The Bertz CT molecular complexity index is 401. The molecule has 1 aliphatic rings. The van der Waals surface area contributed by atoms with Crippen molar-refractivity contribution < 1.29 is 9.84 Å². The Morgan fingerprint density at radius 2 is 2.00 bits per heavy atom. The minimum absolute atomic E-state index is 0.0421. The molecule has 0 spiro atoms. The first-order valence-electron chi connectivity index (χ1n) is 6.50. The summed E-state index contributed by atoms with van der Waals surface area (Å²) < 4.78 is 6.85. The fraction of sp³-hybridized carbons (Fsp3) is 0.643. The van der Waals surface area contributed by atoms with Gasteiger partial charge in [0.2, 0.25) is 5.88 Å². The Balaban J connectivity index is 2.08. The Hall–Kier alpha value is -0.610. The lowest BCUT2D eigenvalue weighted by molar-refractivity contribution is 0.0939. The number of aromatic nitrogens is 1. The average Bonchev–Trinajstić information content (AvgIpc) is 2.30. The van der Waals surface area contributed by atoms with Crippen LogP contribution in [0.15, 0.2) is 16.7 Å². The second kappa shape index (κ2) is 6.02. The molecule has 0 radical (unpaired) electrons. The van der Waals surface area contributed by atoms with Gasteiger partial charge in [0.25, 0.3) is 0 Å². The van der Waals surface area contributed by atoms with E-state index in [1.165, 1.54) is 6.42 Å². The predicted molar refractivity (Wildman–Crippen MR) is 74.5 cm³/mol. The lowest BCUT2D eigenvalue weighted by Crippen LogP contribution is -2.29. The van der Waals surface area contributed by atoms with Crippen LogP contribution in [0.5, 0.6) is 5.88 Å². The summed E-state index contributed by atoms with van der Waals surface area (Å²) in [4.78, 5) is 4.26. The van der Waals surface area contributed by atoms with E-state index in [0.717, 1.165) is 22.9 Å². The van der Waals surface area contributed by atoms with Crippen LogP contribution in [0.1, 0.15) is 38.7 Å². The molecule has 0 amide bonds. The Morgan fingerprint density at radius 3 is 2.61 bits per heavy atom. The zero-order chi connectivity index (χ0) is 13.1. The van der Waals surface area contributed by atoms with Crippen molar-refractivity contribution in [2.75, 3.05) is 0 Å². The van der Waals surface area contributed by atoms with Crippen molar-refractivity contribution in [1.82, 2.24) is 4.98 Å². The summed E-state index contributed by atoms with van der Waals surface area (Å²) >= 11 is 3.35. The van der Waals surface area contributed by atoms with E-state index in [4.69, 9.17) is 4.74 Å². The van der Waals surface area contributed by atoms with Gasteiger partial charge in [-0.25, -0.2) is 4.98 Å². The fourth-order valence-electron chi connectivity index (χ4n) is 2.82. The third-order valence-electron chi connectivity index (χ3n) is 3.48. The first-order chi connectivity index (χ1) is 8.58. The molecule has 2 rings (SSSR count). The van der Waals surface area contributed by atoms with E-state index < -0.39 is 0 Å². The van der Waals surface area contributed by atoms with E-state index in [0.29, 0.717) is 17.7 Å². The van der Waals surface area contributed by atoms with Gasteiger partial charge in [0.15, 0.2) is 0 Å². The van der Waals surface area contributed by atoms with Crippen LogP contribution in [0.2, 0.25) is 0 Å². The van der Waals surface area contributed by atoms with Crippen LogP contribution in [0.3, 0.4) is 0 Å². The molecule has 1 aromatic heterocycles. The van der Waals surface area contributed by atoms with E-state index in [9.17, 15) is 5.11 Å². The quantitative estimate of drug-likeness (QED) is 0.928. The SMILES string of the molecule is CC1CC(C)CC(Oc2ncc(Br)cc2CO)C1. The highest BCUT2D eigenvalue weighted by Gasteiger charge is 2.26. The normalized spacial score (nSPS) is 28.1. The van der Waals surface area contributed by atoms with E-state index in [2.05, 4.69) is 34.8 Å². The highest BCUT2D eigenvalue weighted by atomic mass is 79.9. The summed E-state index contributed by atoms with van der Waals surface area (Å²) in [6.07, 6.45) is 5.37. The van der Waals surface area contributed by atoms with Crippen LogP contribution >= 0.6 is 15.9 Å². The van der Waals surface area contributed by atoms with Gasteiger partial charge >= 0.3 is 0 Å². The molecule has 1 aromatic rings. The molecule has 1 N–H and O–H groups in total. The monoisotopic (exact) mass is 313 g/mol. The van der Waals surface area contributed by atoms with Crippen LogP contribution in [0, 0.1) is 11.8 Å². The van der Waals surface area contributed by atoms with Gasteiger partial charge in [0.1, 0.15) is 6.10 Å². The summed E-state index contributed by atoms with van der Waals surface area (Å²) in [7, 11) is 0. The molecule has 0 bridgehead atoms. The van der Waals surface area contributed by atoms with Gasteiger partial charge in [-0.1, -0.05) is 13.8 Å². The molecule has 1 heterocycles. The molecule has 1 saturated carbocycles. The Morgan fingerprint density at radius 1 is 1.33 bits per heavy atom. The third-order valence-corrected chi connectivity index (χ3v) is 3.91. The molecule has 18 heavy (non-hydrogen) atoms. The number of hydrogen-bond donors (Lipinski definition) is 1. The van der Waals surface area contributed by atoms with Gasteiger partial charge < -0.3 is 9.84 Å². The minimum atomic E-state index is -0.0421. The molecule has 0 aliphatic heterocycles. The molecule has 2 atom stereocenters. The van der Waals surface area contributed by atoms with Gasteiger partial charge in [-0.2, -0.15) is 0 Å². The minimum Gasteiger partial charge on any atom is -0.474 e. The third kappa shape index (κ3) is 3.45. The maximum absolute atomic E-state index is 9.34. The molecule has 4 heteroatoms. The van der Waals surface area contributed by atoms with Gasteiger partial charge in [-0.15, -0.1) is 0 Å². The number of ether oxygens (including phenoxy) is 1. The lowest BCUT2D eigenvalue weighted by atomic mass is 9.82. The zero-order valence-corrected chi connectivity index (χ0v) is 12.5. The van der Waals surface area contributed by atoms with Crippen molar-refractivity contribution in [3.05, 3.63) is 22.3 Å². The van der Waals surface area contributed by atoms with Crippen molar-refractivity contribution in [3.63, 3.8) is 0 Å². The van der Waals surface area contributed by atoms with Crippen molar-refractivity contribution >= 4 is 15.9 Å². The molecule has 1 fully saturated rings. The van der Waals surface area contributed by atoms with E-state index in [1.807, 2.05) is 6.07 Å². The number of nitrogens with zero attached hydrogens (tertiary/aromatic N) is 1. The van der Waals surface area contributed by atoms with Crippen molar-refractivity contribution in [2.45, 2.75) is 45.8 Å². The standard InChI is InChI=1S/C14H20BrNO2/c1-9-3-10(2)5-13(4-9)18-14-11(8-17)6-12(15)7-16-14/h6-7,9-10,13,17H,3-5,8H2,1-2H3. The van der Waals surface area contributed by atoms with Crippen LogP contribution in [-0.2, 0) is 6.61 Å². The second-order valence-electron chi connectivity index (χ2n) is 5.43. The summed E-state index contributed by atoms with van der Waals surface area (Å²) in [6.45, 7) is 4.50. The van der Waals surface area contributed by atoms with Gasteiger partial charge in [-0.05, 0) is 53.1 Å². The largest absolute Gasteiger partial charge is 0.474 e. The zero-order valence-electron chi connectivity index (χ0n) is 10.9. The Kier molecular flexibility index (Phi) is 4.62. The van der Waals surface area contributed by atoms with Gasteiger partial charge in [0, 0.05) is 16.2 Å². The molecular weight excluding hydrogens is 294 g/mol. The average molecular weight is 314 g/mol. The highest BCUT2D eigenvalue weighted by Crippen LogP contribution is 2.32. The van der Waals surface area contributed by atoms with Crippen LogP contribution in [0.4, 0.5) is 0 Å². The molecule has 2 unspecified atom stereocenters. The van der Waals surface area contributed by atoms with Crippen molar-refractivity contribution in [2.24, 2.45) is 11.8 Å². The highest BCUT2D eigenvalue weighted by molar-refractivity contribution is 9.10. The molecular formula is C14H20BrNO2. The first kappa shape index (κ1) is 13.8.